The summed E-state index contributed by atoms with van der Waals surface area (Å²) in [6.45, 7) is 5.55. The minimum Gasteiger partial charge on any atom is -0.494 e. The molecule has 0 spiro atoms. The predicted molar refractivity (Wildman–Crippen MR) is 143 cm³/mol. The number of rotatable bonds is 10. The lowest BCUT2D eigenvalue weighted by Gasteiger charge is -2.39. The highest BCUT2D eigenvalue weighted by atomic mass is 19.4. The molecule has 4 rings (SSSR count). The van der Waals surface area contributed by atoms with Crippen LogP contribution in [0.15, 0.2) is 78.9 Å². The van der Waals surface area contributed by atoms with Gasteiger partial charge in [-0.05, 0) is 66.8 Å². The summed E-state index contributed by atoms with van der Waals surface area (Å²) in [6, 6.07) is 22.6. The van der Waals surface area contributed by atoms with Gasteiger partial charge in [0.15, 0.2) is 0 Å². The molecule has 0 N–H and O–H groups in total. The van der Waals surface area contributed by atoms with Gasteiger partial charge in [0, 0.05) is 37.8 Å². The summed E-state index contributed by atoms with van der Waals surface area (Å²) in [5.74, 6) is 0.602. The van der Waals surface area contributed by atoms with E-state index in [-0.39, 0.29) is 18.5 Å². The summed E-state index contributed by atoms with van der Waals surface area (Å²) in [5, 5.41) is 0. The van der Waals surface area contributed by atoms with Gasteiger partial charge in [-0.1, -0.05) is 55.8 Å². The summed E-state index contributed by atoms with van der Waals surface area (Å²) in [4.78, 5) is 17.9. The van der Waals surface area contributed by atoms with E-state index in [0.29, 0.717) is 17.7 Å². The van der Waals surface area contributed by atoms with Gasteiger partial charge in [-0.25, -0.2) is 0 Å². The molecule has 4 nitrogen and oxygen atoms in total. The van der Waals surface area contributed by atoms with E-state index < -0.39 is 11.7 Å². The van der Waals surface area contributed by atoms with Gasteiger partial charge in [0.1, 0.15) is 5.75 Å². The molecule has 3 aromatic carbocycles. The maximum Gasteiger partial charge on any atom is 0.416 e. The monoisotopic (exact) mass is 524 g/mol. The van der Waals surface area contributed by atoms with E-state index in [9.17, 15) is 18.0 Å². The van der Waals surface area contributed by atoms with Gasteiger partial charge < -0.3 is 9.64 Å². The molecular weight excluding hydrogens is 489 g/mol. The minimum atomic E-state index is -4.39. The summed E-state index contributed by atoms with van der Waals surface area (Å²) in [7, 11) is 0. The zero-order chi connectivity index (χ0) is 27.0. The molecule has 0 bridgehead atoms. The second-order valence-corrected chi connectivity index (χ2v) is 9.85. The van der Waals surface area contributed by atoms with Gasteiger partial charge >= 0.3 is 6.18 Å². The first-order valence-electron chi connectivity index (χ1n) is 13.3. The quantitative estimate of drug-likeness (QED) is 0.263. The number of nitrogens with zero attached hydrogens (tertiary/aromatic N) is 2. The summed E-state index contributed by atoms with van der Waals surface area (Å²) >= 11 is 0. The van der Waals surface area contributed by atoms with E-state index in [4.69, 9.17) is 4.74 Å². The second-order valence-electron chi connectivity index (χ2n) is 9.85. The molecule has 38 heavy (non-hydrogen) atoms. The molecule has 1 aliphatic heterocycles. The van der Waals surface area contributed by atoms with Crippen LogP contribution in [0, 0.1) is 0 Å². The number of likely N-dealkylation sites (tertiary alicyclic amines) is 1. The van der Waals surface area contributed by atoms with E-state index in [2.05, 4.69) is 24.0 Å². The van der Waals surface area contributed by atoms with Crippen molar-refractivity contribution in [3.05, 3.63) is 101 Å². The number of carbonyl (C=O) groups excluding carboxylic acids is 1. The Balaban J connectivity index is 1.48. The van der Waals surface area contributed by atoms with Crippen molar-refractivity contribution in [1.82, 2.24) is 9.80 Å². The lowest BCUT2D eigenvalue weighted by Crippen LogP contribution is -2.46. The molecule has 1 saturated heterocycles. The third kappa shape index (κ3) is 7.60. The Morgan fingerprint density at radius 2 is 1.58 bits per heavy atom. The highest BCUT2D eigenvalue weighted by Gasteiger charge is 2.31. The van der Waals surface area contributed by atoms with Gasteiger partial charge in [0.2, 0.25) is 0 Å². The molecule has 0 saturated carbocycles. The smallest absolute Gasteiger partial charge is 0.416 e. The van der Waals surface area contributed by atoms with Gasteiger partial charge in [0.05, 0.1) is 12.2 Å². The van der Waals surface area contributed by atoms with Crippen molar-refractivity contribution in [1.29, 1.82) is 0 Å². The Morgan fingerprint density at radius 3 is 2.18 bits per heavy atom. The van der Waals surface area contributed by atoms with E-state index >= 15 is 0 Å². The lowest BCUT2D eigenvalue weighted by molar-refractivity contribution is -0.137. The predicted octanol–water partition coefficient (Wildman–Crippen LogP) is 7.19. The van der Waals surface area contributed by atoms with E-state index in [1.165, 1.54) is 17.7 Å². The average Bonchev–Trinajstić information content (AvgIpc) is 2.93. The third-order valence-electron chi connectivity index (χ3n) is 7.01. The van der Waals surface area contributed by atoms with E-state index in [1.54, 1.807) is 12.1 Å². The van der Waals surface area contributed by atoms with Crippen LogP contribution in [0.4, 0.5) is 13.2 Å². The average molecular weight is 525 g/mol. The van der Waals surface area contributed by atoms with Crippen LogP contribution >= 0.6 is 0 Å². The number of alkyl halides is 3. The van der Waals surface area contributed by atoms with Crippen LogP contribution in [0.2, 0.25) is 0 Å². The number of piperidine rings is 1. The van der Waals surface area contributed by atoms with E-state index in [1.807, 2.05) is 35.2 Å². The largest absolute Gasteiger partial charge is 0.494 e. The molecule has 0 aromatic heterocycles. The maximum atomic E-state index is 13.7. The van der Waals surface area contributed by atoms with Crippen LogP contribution in [0.3, 0.4) is 0 Å². The Bertz CT molecular complexity index is 1140. The SMILES string of the molecule is CCCCOc1ccc(C(=O)N(Cc2ccc(C(F)(F)F)cc2)C2CCN(Cc3ccccc3)CC2)cc1. The van der Waals surface area contributed by atoms with Gasteiger partial charge in [-0.3, -0.25) is 9.69 Å². The Morgan fingerprint density at radius 1 is 0.921 bits per heavy atom. The van der Waals surface area contributed by atoms with Gasteiger partial charge in [-0.2, -0.15) is 13.2 Å². The summed E-state index contributed by atoms with van der Waals surface area (Å²) < 4.78 is 44.9. The molecule has 1 aliphatic rings. The molecule has 0 aliphatic carbocycles. The highest BCUT2D eigenvalue weighted by molar-refractivity contribution is 5.94. The van der Waals surface area contributed by atoms with Gasteiger partial charge in [0.25, 0.3) is 5.91 Å². The molecule has 3 aromatic rings. The molecule has 0 unspecified atom stereocenters. The molecule has 0 radical (unpaired) electrons. The topological polar surface area (TPSA) is 32.8 Å². The fourth-order valence-electron chi connectivity index (χ4n) is 4.79. The van der Waals surface area contributed by atoms with Crippen molar-refractivity contribution in [2.75, 3.05) is 19.7 Å². The standard InChI is InChI=1S/C31H35F3N2O2/c1-2-3-21-38-29-15-11-26(12-16-29)30(37)36(23-25-9-13-27(14-10-25)31(32,33)34)28-17-19-35(20-18-28)22-24-7-5-4-6-8-24/h4-16,28H,2-3,17-23H2,1H3. The molecule has 7 heteroatoms. The first-order chi connectivity index (χ1) is 18.3. The van der Waals surface area contributed by atoms with Crippen molar-refractivity contribution >= 4 is 5.91 Å². The number of hydrogen-bond donors (Lipinski definition) is 0. The Kier molecular flexibility index (Phi) is 9.45. The molecular formula is C31H35F3N2O2. The number of carbonyl (C=O) groups is 1. The third-order valence-corrected chi connectivity index (χ3v) is 7.01. The van der Waals surface area contributed by atoms with Crippen molar-refractivity contribution in [3.8, 4) is 5.75 Å². The van der Waals surface area contributed by atoms with Crippen LogP contribution in [-0.4, -0.2) is 41.4 Å². The van der Waals surface area contributed by atoms with Crippen LogP contribution < -0.4 is 4.74 Å². The normalized spacial score (nSPS) is 14.8. The fourth-order valence-corrected chi connectivity index (χ4v) is 4.79. The summed E-state index contributed by atoms with van der Waals surface area (Å²) in [6.07, 6.45) is -0.778. The number of benzene rings is 3. The number of unbranched alkanes of at least 4 members (excludes halogenated alkanes) is 1. The Labute approximate surface area is 223 Å². The van der Waals surface area contributed by atoms with E-state index in [0.717, 1.165) is 63.2 Å². The molecule has 1 fully saturated rings. The van der Waals surface area contributed by atoms with Crippen molar-refractivity contribution in [2.24, 2.45) is 0 Å². The number of ether oxygens (including phenoxy) is 1. The second kappa shape index (κ2) is 13.0. The molecule has 1 heterocycles. The number of halogens is 3. The van der Waals surface area contributed by atoms with Crippen LogP contribution in [0.5, 0.6) is 5.75 Å². The number of amides is 1. The van der Waals surface area contributed by atoms with Crippen LogP contribution in [0.25, 0.3) is 0 Å². The maximum absolute atomic E-state index is 13.7. The van der Waals surface area contributed by atoms with Crippen molar-refractivity contribution in [3.63, 3.8) is 0 Å². The molecule has 202 valence electrons. The van der Waals surface area contributed by atoms with Crippen molar-refractivity contribution < 1.29 is 22.7 Å². The number of hydrogen-bond acceptors (Lipinski definition) is 3. The zero-order valence-corrected chi connectivity index (χ0v) is 21.8. The Hall–Kier alpha value is -3.32. The first-order valence-corrected chi connectivity index (χ1v) is 13.3. The lowest BCUT2D eigenvalue weighted by atomic mass is 10.00. The summed E-state index contributed by atoms with van der Waals surface area (Å²) in [5.41, 5.74) is 1.79. The van der Waals surface area contributed by atoms with Crippen LogP contribution in [-0.2, 0) is 19.3 Å². The van der Waals surface area contributed by atoms with Gasteiger partial charge in [-0.15, -0.1) is 0 Å². The molecule has 0 atom stereocenters. The van der Waals surface area contributed by atoms with Crippen molar-refractivity contribution in [2.45, 2.75) is 57.9 Å². The zero-order valence-electron chi connectivity index (χ0n) is 21.8. The first kappa shape index (κ1) is 27.7. The molecule has 1 amide bonds. The highest BCUT2D eigenvalue weighted by Crippen LogP contribution is 2.30. The fraction of sp³-hybridized carbons (Fsp3) is 0.387. The van der Waals surface area contributed by atoms with Crippen LogP contribution in [0.1, 0.15) is 59.7 Å². The minimum absolute atomic E-state index is 0.00250.